The Morgan fingerprint density at radius 3 is 1.82 bits per heavy atom. The number of rotatable bonds is 1. The predicted molar refractivity (Wildman–Crippen MR) is 80.4 cm³/mol. The molecular weight excluding hydrogens is 272 g/mol. The molecule has 2 rings (SSSR count). The normalized spacial score (nSPS) is 8.73. The van der Waals surface area contributed by atoms with Gasteiger partial charge in [0.15, 0.2) is 0 Å². The maximum atomic E-state index is 9.10. The van der Waals surface area contributed by atoms with Crippen LogP contribution in [0.15, 0.2) is 48.5 Å². The van der Waals surface area contributed by atoms with Gasteiger partial charge in [-0.2, -0.15) is 21.0 Å². The molecule has 0 aliphatic rings. The molecule has 100 valence electrons. The Morgan fingerprint density at radius 1 is 0.682 bits per heavy atom. The second-order valence-electron chi connectivity index (χ2n) is 4.32. The molecule has 0 N–H and O–H groups in total. The van der Waals surface area contributed by atoms with E-state index in [1.54, 1.807) is 18.2 Å². The maximum Gasteiger partial charge on any atom is 0.137 e. The van der Waals surface area contributed by atoms with E-state index >= 15 is 0 Å². The number of benzene rings is 2. The van der Waals surface area contributed by atoms with Crippen molar-refractivity contribution >= 4 is 11.1 Å². The van der Waals surface area contributed by atoms with E-state index in [1.165, 1.54) is 0 Å². The fourth-order valence-corrected chi connectivity index (χ4v) is 2.07. The van der Waals surface area contributed by atoms with Crippen LogP contribution in [-0.2, 0) is 0 Å². The first-order valence-corrected chi connectivity index (χ1v) is 6.29. The van der Waals surface area contributed by atoms with E-state index in [1.807, 2.05) is 54.6 Å². The van der Waals surface area contributed by atoms with Crippen LogP contribution in [0.2, 0.25) is 0 Å². The number of hydrogen-bond donors (Lipinski definition) is 0. The molecule has 0 saturated heterocycles. The Bertz CT molecular complexity index is 972. The first-order chi connectivity index (χ1) is 10.7. The third-order valence-corrected chi connectivity index (χ3v) is 3.11. The van der Waals surface area contributed by atoms with E-state index in [0.29, 0.717) is 16.0 Å². The molecule has 0 fully saturated rings. The van der Waals surface area contributed by atoms with Crippen LogP contribution < -0.4 is 10.4 Å². The van der Waals surface area contributed by atoms with Gasteiger partial charge in [-0.25, -0.2) is 0 Å². The number of nitriles is 4. The van der Waals surface area contributed by atoms with Gasteiger partial charge < -0.3 is 0 Å². The summed E-state index contributed by atoms with van der Waals surface area (Å²) in [5.41, 5.74) is 1.41. The largest absolute Gasteiger partial charge is 0.192 e. The molecule has 0 saturated carbocycles. The average Bonchev–Trinajstić information content (AvgIpc) is 2.58. The molecule has 0 aliphatic carbocycles. The van der Waals surface area contributed by atoms with Gasteiger partial charge in [-0.05, 0) is 17.2 Å². The molecule has 0 heterocycles. The van der Waals surface area contributed by atoms with Crippen molar-refractivity contribution in [1.29, 1.82) is 21.0 Å². The molecule has 0 amide bonds. The smallest absolute Gasteiger partial charge is 0.137 e. The van der Waals surface area contributed by atoms with E-state index in [2.05, 4.69) is 0 Å². The van der Waals surface area contributed by atoms with Gasteiger partial charge in [0.2, 0.25) is 0 Å². The van der Waals surface area contributed by atoms with Crippen molar-refractivity contribution in [2.75, 3.05) is 0 Å². The molecule has 0 bridgehead atoms. The molecule has 0 radical (unpaired) electrons. The minimum atomic E-state index is -0.0146. The molecule has 0 aliphatic heterocycles. The van der Waals surface area contributed by atoms with E-state index in [4.69, 9.17) is 21.0 Å². The van der Waals surface area contributed by atoms with Crippen molar-refractivity contribution in [3.63, 3.8) is 0 Å². The highest BCUT2D eigenvalue weighted by atomic mass is 14.3. The molecule has 2 aromatic carbocycles. The van der Waals surface area contributed by atoms with Gasteiger partial charge >= 0.3 is 0 Å². The lowest BCUT2D eigenvalue weighted by molar-refractivity contribution is 1.45. The van der Waals surface area contributed by atoms with Crippen molar-refractivity contribution in [2.45, 2.75) is 0 Å². The topological polar surface area (TPSA) is 95.2 Å². The van der Waals surface area contributed by atoms with Crippen LogP contribution in [0.4, 0.5) is 0 Å². The van der Waals surface area contributed by atoms with Gasteiger partial charge in [0.05, 0.1) is 0 Å². The summed E-state index contributed by atoms with van der Waals surface area (Å²) in [6.45, 7) is 0. The molecule has 0 unspecified atom stereocenters. The molecule has 0 atom stereocenters. The fourth-order valence-electron chi connectivity index (χ4n) is 2.07. The lowest BCUT2D eigenvalue weighted by Crippen LogP contribution is -2.15. The Kier molecular flexibility index (Phi) is 4.32. The average molecular weight is 280 g/mol. The maximum absolute atomic E-state index is 9.10. The standard InChI is InChI=1S/C18H8N4/c19-9-15(10-20)14-6-7-17(16(11-21)12-22)18(8-14)13-4-2-1-3-5-13/h1-8H. The Morgan fingerprint density at radius 2 is 1.27 bits per heavy atom. The summed E-state index contributed by atoms with van der Waals surface area (Å²) in [5.74, 6) is 0. The summed E-state index contributed by atoms with van der Waals surface area (Å²) in [6.07, 6.45) is 0. The van der Waals surface area contributed by atoms with Crippen LogP contribution in [0.25, 0.3) is 22.3 Å². The number of nitrogens with zero attached hydrogens (tertiary/aromatic N) is 4. The highest BCUT2D eigenvalue weighted by molar-refractivity contribution is 5.80. The van der Waals surface area contributed by atoms with Gasteiger partial charge in [0, 0.05) is 10.4 Å². The van der Waals surface area contributed by atoms with Gasteiger partial charge in [0.25, 0.3) is 0 Å². The highest BCUT2D eigenvalue weighted by Crippen LogP contribution is 2.14. The third-order valence-electron chi connectivity index (χ3n) is 3.11. The van der Waals surface area contributed by atoms with Crippen LogP contribution in [0.5, 0.6) is 0 Å². The lowest BCUT2D eigenvalue weighted by Gasteiger charge is -2.03. The third kappa shape index (κ3) is 2.68. The minimum absolute atomic E-state index is 0.0131. The van der Waals surface area contributed by atoms with E-state index < -0.39 is 0 Å². The van der Waals surface area contributed by atoms with E-state index in [0.717, 1.165) is 5.56 Å². The van der Waals surface area contributed by atoms with Crippen molar-refractivity contribution in [3.05, 3.63) is 59.0 Å². The summed E-state index contributed by atoms with van der Waals surface area (Å²) < 4.78 is 0. The Labute approximate surface area is 127 Å². The quantitative estimate of drug-likeness (QED) is 0.795. The molecule has 4 heteroatoms. The Hall–Kier alpha value is -3.86. The lowest BCUT2D eigenvalue weighted by atomic mass is 9.99. The summed E-state index contributed by atoms with van der Waals surface area (Å²) in [6, 6.07) is 21.5. The summed E-state index contributed by atoms with van der Waals surface area (Å²) in [5, 5.41) is 37.1. The monoisotopic (exact) mass is 280 g/mol. The van der Waals surface area contributed by atoms with E-state index in [-0.39, 0.29) is 11.1 Å². The molecule has 22 heavy (non-hydrogen) atoms. The minimum Gasteiger partial charge on any atom is -0.192 e. The molecule has 0 spiro atoms. The van der Waals surface area contributed by atoms with Crippen LogP contribution >= 0.6 is 0 Å². The number of hydrogen-bond acceptors (Lipinski definition) is 4. The first kappa shape index (κ1) is 14.5. The SMILES string of the molecule is N#CC(C#N)=c1ccc(=C(C#N)C#N)c(-c2ccccc2)c1. The molecular formula is C18H8N4. The Balaban J connectivity index is 3.00. The van der Waals surface area contributed by atoms with Crippen LogP contribution in [0, 0.1) is 45.3 Å². The van der Waals surface area contributed by atoms with Gasteiger partial charge in [0.1, 0.15) is 35.4 Å². The second kappa shape index (κ2) is 6.53. The van der Waals surface area contributed by atoms with Gasteiger partial charge in [-0.15, -0.1) is 0 Å². The van der Waals surface area contributed by atoms with Gasteiger partial charge in [-0.1, -0.05) is 42.5 Å². The second-order valence-corrected chi connectivity index (χ2v) is 4.32. The zero-order valence-electron chi connectivity index (χ0n) is 11.4. The van der Waals surface area contributed by atoms with Crippen molar-refractivity contribution in [1.82, 2.24) is 0 Å². The zero-order valence-corrected chi connectivity index (χ0v) is 11.4. The zero-order chi connectivity index (χ0) is 15.9. The van der Waals surface area contributed by atoms with Crippen molar-refractivity contribution < 1.29 is 0 Å². The van der Waals surface area contributed by atoms with Gasteiger partial charge in [-0.3, -0.25) is 0 Å². The fraction of sp³-hybridized carbons (Fsp3) is 0. The van der Waals surface area contributed by atoms with Crippen molar-refractivity contribution in [3.8, 4) is 35.4 Å². The van der Waals surface area contributed by atoms with Crippen molar-refractivity contribution in [2.24, 2.45) is 0 Å². The predicted octanol–water partition coefficient (Wildman–Crippen LogP) is 1.75. The van der Waals surface area contributed by atoms with Crippen LogP contribution in [0.1, 0.15) is 0 Å². The molecule has 4 nitrogen and oxygen atoms in total. The molecule has 0 aromatic heterocycles. The molecule has 2 aromatic rings. The van der Waals surface area contributed by atoms with Crippen LogP contribution in [-0.4, -0.2) is 0 Å². The summed E-state index contributed by atoms with van der Waals surface area (Å²) in [4.78, 5) is 0. The summed E-state index contributed by atoms with van der Waals surface area (Å²) in [7, 11) is 0. The van der Waals surface area contributed by atoms with Crippen LogP contribution in [0.3, 0.4) is 0 Å². The van der Waals surface area contributed by atoms with E-state index in [9.17, 15) is 0 Å². The highest BCUT2D eigenvalue weighted by Gasteiger charge is 2.06. The first-order valence-electron chi connectivity index (χ1n) is 6.29. The summed E-state index contributed by atoms with van der Waals surface area (Å²) >= 11 is 0.